The maximum atomic E-state index is 14.0. The fourth-order valence-electron chi connectivity index (χ4n) is 3.84. The van der Waals surface area contributed by atoms with Crippen molar-refractivity contribution in [2.24, 2.45) is 0 Å². The van der Waals surface area contributed by atoms with Crippen molar-refractivity contribution in [3.8, 4) is 0 Å². The summed E-state index contributed by atoms with van der Waals surface area (Å²) in [5, 5.41) is 9.91. The Morgan fingerprint density at radius 3 is 2.50 bits per heavy atom. The summed E-state index contributed by atoms with van der Waals surface area (Å²) < 4.78 is 33.2. The zero-order chi connectivity index (χ0) is 22.8. The van der Waals surface area contributed by atoms with E-state index in [1.54, 1.807) is 4.90 Å². The van der Waals surface area contributed by atoms with E-state index in [2.05, 4.69) is 0 Å². The van der Waals surface area contributed by atoms with Gasteiger partial charge in [0.15, 0.2) is 0 Å². The molecule has 1 N–H and O–H groups in total. The van der Waals surface area contributed by atoms with Crippen LogP contribution in [-0.4, -0.2) is 52.1 Å². The van der Waals surface area contributed by atoms with Crippen LogP contribution in [0.1, 0.15) is 105 Å². The molecule has 2 unspecified atom stereocenters. The van der Waals surface area contributed by atoms with Crippen LogP contribution in [-0.2, 0) is 14.3 Å². The van der Waals surface area contributed by atoms with Gasteiger partial charge in [-0.3, -0.25) is 9.59 Å². The van der Waals surface area contributed by atoms with E-state index in [4.69, 9.17) is 4.74 Å². The summed E-state index contributed by atoms with van der Waals surface area (Å²) in [4.78, 5) is 25.7. The number of hydrogen-bond acceptors (Lipinski definition) is 4. The molecule has 5 nitrogen and oxygen atoms in total. The number of unbranched alkanes of at least 4 members (excludes halogenated alkanes) is 4. The number of amides is 1. The first-order valence-electron chi connectivity index (χ1n) is 11.5. The summed E-state index contributed by atoms with van der Waals surface area (Å²) in [5.41, 5.74) is -0.463. The van der Waals surface area contributed by atoms with Gasteiger partial charge in [0, 0.05) is 31.8 Å². The topological polar surface area (TPSA) is 66.8 Å². The Morgan fingerprint density at radius 1 is 1.20 bits per heavy atom. The number of halogens is 2. The molecule has 0 aromatic carbocycles. The van der Waals surface area contributed by atoms with E-state index in [0.717, 1.165) is 25.7 Å². The molecule has 0 radical (unpaired) electrons. The Bertz CT molecular complexity index is 534. The van der Waals surface area contributed by atoms with Gasteiger partial charge in [0.05, 0.1) is 0 Å². The monoisotopic (exact) mass is 433 g/mol. The van der Waals surface area contributed by atoms with Crippen LogP contribution in [0.25, 0.3) is 0 Å². The quantitative estimate of drug-likeness (QED) is 0.301. The van der Waals surface area contributed by atoms with Gasteiger partial charge in [0.1, 0.15) is 11.7 Å². The number of carbonyl (C=O) groups is 2. The molecule has 7 heteroatoms. The average Bonchev–Trinajstić information content (AvgIpc) is 2.99. The highest BCUT2D eigenvalue weighted by Gasteiger charge is 2.39. The minimum Gasteiger partial charge on any atom is -0.460 e. The van der Waals surface area contributed by atoms with E-state index in [0.29, 0.717) is 45.1 Å². The van der Waals surface area contributed by atoms with Crippen molar-refractivity contribution in [2.75, 3.05) is 6.54 Å². The summed E-state index contributed by atoms with van der Waals surface area (Å²) in [6, 6.07) is -0.0594. The molecule has 0 aromatic heterocycles. The van der Waals surface area contributed by atoms with E-state index in [9.17, 15) is 23.5 Å². The van der Waals surface area contributed by atoms with Crippen LogP contribution in [0.15, 0.2) is 0 Å². The number of rotatable bonds is 14. The molecule has 0 saturated carbocycles. The Balaban J connectivity index is 2.29. The van der Waals surface area contributed by atoms with Gasteiger partial charge in [-0.1, -0.05) is 26.2 Å². The molecule has 1 amide bonds. The zero-order valence-corrected chi connectivity index (χ0v) is 19.2. The number of alkyl halides is 2. The van der Waals surface area contributed by atoms with E-state index >= 15 is 0 Å². The molecular formula is C23H41F2NO4. The van der Waals surface area contributed by atoms with Gasteiger partial charge >= 0.3 is 5.97 Å². The molecule has 0 spiro atoms. The average molecular weight is 434 g/mol. The van der Waals surface area contributed by atoms with Crippen molar-refractivity contribution < 1.29 is 28.2 Å². The molecule has 0 aliphatic carbocycles. The van der Waals surface area contributed by atoms with Crippen LogP contribution in [0.2, 0.25) is 0 Å². The van der Waals surface area contributed by atoms with Gasteiger partial charge in [-0.2, -0.15) is 0 Å². The summed E-state index contributed by atoms with van der Waals surface area (Å²) in [7, 11) is 0. The maximum Gasteiger partial charge on any atom is 0.306 e. The highest BCUT2D eigenvalue weighted by molar-refractivity contribution is 5.78. The van der Waals surface area contributed by atoms with E-state index < -0.39 is 17.6 Å². The molecule has 0 bridgehead atoms. The predicted octanol–water partition coefficient (Wildman–Crippen LogP) is 5.24. The van der Waals surface area contributed by atoms with Crippen molar-refractivity contribution in [2.45, 2.75) is 128 Å². The van der Waals surface area contributed by atoms with E-state index in [-0.39, 0.29) is 30.8 Å². The highest BCUT2D eigenvalue weighted by atomic mass is 19.3. The number of esters is 1. The van der Waals surface area contributed by atoms with Crippen molar-refractivity contribution in [1.82, 2.24) is 4.90 Å². The number of likely N-dealkylation sites (tertiary alicyclic amines) is 1. The Morgan fingerprint density at radius 2 is 1.87 bits per heavy atom. The molecule has 1 aliphatic heterocycles. The highest BCUT2D eigenvalue weighted by Crippen LogP contribution is 2.31. The summed E-state index contributed by atoms with van der Waals surface area (Å²) in [6.45, 7) is 8.00. The standard InChI is InChI=1S/C23H41F2NO4/c1-5-6-16-23(24,25)19(27)14-12-18-13-15-20(28)26(18)17-10-8-7-9-11-21(29)30-22(2,3)4/h18-19,27H,5-17H2,1-4H3. The summed E-state index contributed by atoms with van der Waals surface area (Å²) in [5.74, 6) is -3.18. The molecule has 30 heavy (non-hydrogen) atoms. The van der Waals surface area contributed by atoms with Crippen LogP contribution >= 0.6 is 0 Å². The number of aliphatic hydroxyl groups excluding tert-OH is 1. The molecule has 0 aromatic rings. The molecule has 2 atom stereocenters. The van der Waals surface area contributed by atoms with Gasteiger partial charge < -0.3 is 14.7 Å². The van der Waals surface area contributed by atoms with Gasteiger partial charge in [-0.05, 0) is 59.3 Å². The third-order valence-corrected chi connectivity index (χ3v) is 5.53. The number of carbonyl (C=O) groups excluding carboxylic acids is 2. The smallest absolute Gasteiger partial charge is 0.306 e. The van der Waals surface area contributed by atoms with Gasteiger partial charge in [0.2, 0.25) is 5.91 Å². The van der Waals surface area contributed by atoms with E-state index in [1.165, 1.54) is 0 Å². The molecule has 1 fully saturated rings. The normalized spacial score (nSPS) is 18.7. The second-order valence-corrected chi connectivity index (χ2v) is 9.49. The summed E-state index contributed by atoms with van der Waals surface area (Å²) in [6.07, 6.45) is 4.44. The van der Waals surface area contributed by atoms with Crippen LogP contribution in [0.4, 0.5) is 8.78 Å². The maximum absolute atomic E-state index is 14.0. The van der Waals surface area contributed by atoms with Crippen LogP contribution < -0.4 is 0 Å². The first-order chi connectivity index (χ1) is 14.0. The minimum atomic E-state index is -3.06. The minimum absolute atomic E-state index is 0.0149. The number of hydrogen-bond donors (Lipinski definition) is 1. The lowest BCUT2D eigenvalue weighted by molar-refractivity contribution is -0.154. The molecular weight excluding hydrogens is 392 g/mol. The van der Waals surface area contributed by atoms with Crippen molar-refractivity contribution in [1.29, 1.82) is 0 Å². The Hall–Kier alpha value is -1.24. The zero-order valence-electron chi connectivity index (χ0n) is 19.2. The number of aliphatic hydroxyl groups is 1. The van der Waals surface area contributed by atoms with Crippen molar-refractivity contribution in [3.63, 3.8) is 0 Å². The third kappa shape index (κ3) is 10.2. The van der Waals surface area contributed by atoms with Gasteiger partial charge in [-0.25, -0.2) is 8.78 Å². The lowest BCUT2D eigenvalue weighted by Crippen LogP contribution is -2.37. The van der Waals surface area contributed by atoms with E-state index in [1.807, 2.05) is 27.7 Å². The number of ether oxygens (including phenoxy) is 1. The third-order valence-electron chi connectivity index (χ3n) is 5.53. The lowest BCUT2D eigenvalue weighted by Gasteiger charge is -2.28. The lowest BCUT2D eigenvalue weighted by atomic mass is 9.98. The van der Waals surface area contributed by atoms with Crippen LogP contribution in [0.5, 0.6) is 0 Å². The van der Waals surface area contributed by atoms with Gasteiger partial charge in [0.25, 0.3) is 5.92 Å². The molecule has 1 aliphatic rings. The Labute approximate surface area is 180 Å². The number of nitrogens with zero attached hydrogens (tertiary/aromatic N) is 1. The first kappa shape index (κ1) is 26.8. The second kappa shape index (κ2) is 12.6. The molecule has 176 valence electrons. The fraction of sp³-hybridized carbons (Fsp3) is 0.913. The SMILES string of the molecule is CCCCC(F)(F)C(O)CCC1CCC(=O)N1CCCCCCC(=O)OC(C)(C)C. The van der Waals surface area contributed by atoms with Crippen molar-refractivity contribution >= 4 is 11.9 Å². The van der Waals surface area contributed by atoms with Crippen molar-refractivity contribution in [3.05, 3.63) is 0 Å². The molecule has 1 heterocycles. The Kier molecular flexibility index (Phi) is 11.2. The van der Waals surface area contributed by atoms with Crippen LogP contribution in [0, 0.1) is 0 Å². The molecule has 1 rings (SSSR count). The van der Waals surface area contributed by atoms with Gasteiger partial charge in [-0.15, -0.1) is 0 Å². The first-order valence-corrected chi connectivity index (χ1v) is 11.5. The fourth-order valence-corrected chi connectivity index (χ4v) is 3.84. The largest absolute Gasteiger partial charge is 0.460 e. The second-order valence-electron chi connectivity index (χ2n) is 9.49. The van der Waals surface area contributed by atoms with Crippen LogP contribution in [0.3, 0.4) is 0 Å². The predicted molar refractivity (Wildman–Crippen MR) is 113 cm³/mol. The molecule has 1 saturated heterocycles. The summed E-state index contributed by atoms with van der Waals surface area (Å²) >= 11 is 0.